The number of carbonyl (C=O) groups is 1. The molecule has 13 heavy (non-hydrogen) atoms. The van der Waals surface area contributed by atoms with Crippen molar-refractivity contribution in [2.24, 2.45) is 5.73 Å². The Morgan fingerprint density at radius 1 is 1.62 bits per heavy atom. The Bertz CT molecular complexity index is 339. The van der Waals surface area contributed by atoms with Gasteiger partial charge in [0.05, 0.1) is 5.69 Å². The second-order valence-corrected chi connectivity index (χ2v) is 3.50. The lowest BCUT2D eigenvalue weighted by Gasteiger charge is -2.24. The van der Waals surface area contributed by atoms with Crippen molar-refractivity contribution in [1.82, 2.24) is 5.16 Å². The Morgan fingerprint density at radius 2 is 2.31 bits per heavy atom. The predicted molar refractivity (Wildman–Crippen MR) is 46.3 cm³/mol. The van der Waals surface area contributed by atoms with E-state index in [1.165, 1.54) is 6.42 Å². The van der Waals surface area contributed by atoms with Crippen molar-refractivity contribution in [3.05, 3.63) is 17.0 Å². The molecule has 1 amide bonds. The summed E-state index contributed by atoms with van der Waals surface area (Å²) in [6, 6.07) is 0. The number of aryl methyl sites for hydroxylation is 1. The second-order valence-electron chi connectivity index (χ2n) is 3.50. The van der Waals surface area contributed by atoms with Gasteiger partial charge in [-0.05, 0) is 25.7 Å². The van der Waals surface area contributed by atoms with E-state index in [-0.39, 0.29) is 5.76 Å². The van der Waals surface area contributed by atoms with Gasteiger partial charge in [0.15, 0.2) is 0 Å². The van der Waals surface area contributed by atoms with Gasteiger partial charge in [0.25, 0.3) is 5.91 Å². The molecule has 0 atom stereocenters. The molecule has 0 bridgehead atoms. The van der Waals surface area contributed by atoms with E-state index in [9.17, 15) is 4.79 Å². The van der Waals surface area contributed by atoms with Crippen LogP contribution >= 0.6 is 0 Å². The van der Waals surface area contributed by atoms with Gasteiger partial charge in [0, 0.05) is 5.56 Å². The van der Waals surface area contributed by atoms with Crippen molar-refractivity contribution in [1.29, 1.82) is 0 Å². The smallest absolute Gasteiger partial charge is 0.287 e. The Hall–Kier alpha value is -1.32. The maximum atomic E-state index is 11.0. The number of nitrogens with two attached hydrogens (primary N) is 1. The normalized spacial score (nSPS) is 17.0. The number of primary amides is 1. The van der Waals surface area contributed by atoms with E-state index >= 15 is 0 Å². The van der Waals surface area contributed by atoms with Crippen molar-refractivity contribution in [3.8, 4) is 0 Å². The SMILES string of the molecule is Cc1noc(C(N)=O)c1C1CCC1. The van der Waals surface area contributed by atoms with Gasteiger partial charge in [-0.1, -0.05) is 11.6 Å². The summed E-state index contributed by atoms with van der Waals surface area (Å²) in [5.41, 5.74) is 6.91. The van der Waals surface area contributed by atoms with Gasteiger partial charge in [-0.15, -0.1) is 0 Å². The third kappa shape index (κ3) is 1.22. The molecule has 0 unspecified atom stereocenters. The number of amides is 1. The fourth-order valence-electron chi connectivity index (χ4n) is 1.73. The van der Waals surface area contributed by atoms with E-state index in [1.807, 2.05) is 6.92 Å². The molecule has 0 saturated heterocycles. The monoisotopic (exact) mass is 180 g/mol. The zero-order valence-corrected chi connectivity index (χ0v) is 7.54. The summed E-state index contributed by atoms with van der Waals surface area (Å²) in [5.74, 6) is 0.179. The highest BCUT2D eigenvalue weighted by atomic mass is 16.5. The van der Waals surface area contributed by atoms with Crippen LogP contribution in [0, 0.1) is 6.92 Å². The highest BCUT2D eigenvalue weighted by Gasteiger charge is 2.29. The molecule has 1 aromatic rings. The molecule has 1 fully saturated rings. The molecular weight excluding hydrogens is 168 g/mol. The van der Waals surface area contributed by atoms with Crippen LogP contribution in [0.4, 0.5) is 0 Å². The highest BCUT2D eigenvalue weighted by Crippen LogP contribution is 2.39. The third-order valence-corrected chi connectivity index (χ3v) is 2.65. The Morgan fingerprint density at radius 3 is 2.77 bits per heavy atom. The van der Waals surface area contributed by atoms with Gasteiger partial charge in [0.1, 0.15) is 0 Å². The van der Waals surface area contributed by atoms with E-state index in [2.05, 4.69) is 5.16 Å². The molecule has 1 aromatic heterocycles. The maximum Gasteiger partial charge on any atom is 0.287 e. The van der Waals surface area contributed by atoms with Crippen LogP contribution in [0.2, 0.25) is 0 Å². The van der Waals surface area contributed by atoms with Crippen molar-refractivity contribution in [3.63, 3.8) is 0 Å². The molecule has 4 nitrogen and oxygen atoms in total. The van der Waals surface area contributed by atoms with Crippen LogP contribution < -0.4 is 5.73 Å². The lowest BCUT2D eigenvalue weighted by Crippen LogP contribution is -2.17. The first-order valence-corrected chi connectivity index (χ1v) is 4.46. The minimum atomic E-state index is -0.512. The van der Waals surface area contributed by atoms with Gasteiger partial charge in [-0.2, -0.15) is 0 Å². The van der Waals surface area contributed by atoms with Crippen LogP contribution in [-0.4, -0.2) is 11.1 Å². The van der Waals surface area contributed by atoms with E-state index < -0.39 is 5.91 Å². The third-order valence-electron chi connectivity index (χ3n) is 2.65. The first kappa shape index (κ1) is 8.29. The van der Waals surface area contributed by atoms with Gasteiger partial charge >= 0.3 is 0 Å². The number of hydrogen-bond donors (Lipinski definition) is 1. The van der Waals surface area contributed by atoms with Gasteiger partial charge < -0.3 is 10.3 Å². The van der Waals surface area contributed by atoms with Crippen LogP contribution in [0.25, 0.3) is 0 Å². The van der Waals surface area contributed by atoms with Crippen molar-refractivity contribution in [2.45, 2.75) is 32.1 Å². The Labute approximate surface area is 76.1 Å². The summed E-state index contributed by atoms with van der Waals surface area (Å²) in [6.45, 7) is 1.85. The molecule has 0 radical (unpaired) electrons. The largest absolute Gasteiger partial charge is 0.363 e. The average molecular weight is 180 g/mol. The topological polar surface area (TPSA) is 69.1 Å². The van der Waals surface area contributed by atoms with Crippen molar-refractivity contribution >= 4 is 5.91 Å². The maximum absolute atomic E-state index is 11.0. The molecule has 4 heteroatoms. The molecule has 0 spiro atoms. The molecule has 1 heterocycles. The molecular formula is C9H12N2O2. The van der Waals surface area contributed by atoms with Crippen LogP contribution in [0.3, 0.4) is 0 Å². The molecule has 1 aliphatic carbocycles. The Balaban J connectivity index is 2.39. The first-order chi connectivity index (χ1) is 6.20. The number of carbonyl (C=O) groups excluding carboxylic acids is 1. The first-order valence-electron chi connectivity index (χ1n) is 4.46. The van der Waals surface area contributed by atoms with E-state index in [4.69, 9.17) is 10.3 Å². The van der Waals surface area contributed by atoms with Crippen LogP contribution in [0.5, 0.6) is 0 Å². The summed E-state index contributed by atoms with van der Waals surface area (Å²) >= 11 is 0. The number of nitrogens with zero attached hydrogens (tertiary/aromatic N) is 1. The zero-order chi connectivity index (χ0) is 9.42. The molecule has 2 N–H and O–H groups in total. The molecule has 1 aliphatic rings. The zero-order valence-electron chi connectivity index (χ0n) is 7.54. The standard InChI is InChI=1S/C9H12N2O2/c1-5-7(6-3-2-4-6)8(9(10)12)13-11-5/h6H,2-4H2,1H3,(H2,10,12). The molecule has 70 valence electrons. The quantitative estimate of drug-likeness (QED) is 0.746. The van der Waals surface area contributed by atoms with Crippen LogP contribution in [-0.2, 0) is 0 Å². The fraction of sp³-hybridized carbons (Fsp3) is 0.556. The van der Waals surface area contributed by atoms with Gasteiger partial charge in [-0.3, -0.25) is 4.79 Å². The molecule has 2 rings (SSSR count). The number of rotatable bonds is 2. The summed E-state index contributed by atoms with van der Waals surface area (Å²) in [4.78, 5) is 11.0. The summed E-state index contributed by atoms with van der Waals surface area (Å²) in [5, 5.41) is 3.76. The van der Waals surface area contributed by atoms with Gasteiger partial charge in [-0.25, -0.2) is 0 Å². The van der Waals surface area contributed by atoms with E-state index in [1.54, 1.807) is 0 Å². The highest BCUT2D eigenvalue weighted by molar-refractivity contribution is 5.91. The van der Waals surface area contributed by atoms with Crippen molar-refractivity contribution < 1.29 is 9.32 Å². The van der Waals surface area contributed by atoms with Crippen LogP contribution in [0.15, 0.2) is 4.52 Å². The Kier molecular flexibility index (Phi) is 1.83. The summed E-state index contributed by atoms with van der Waals surface area (Å²) in [6.07, 6.45) is 3.44. The summed E-state index contributed by atoms with van der Waals surface area (Å²) < 4.78 is 4.89. The predicted octanol–water partition coefficient (Wildman–Crippen LogP) is 1.35. The van der Waals surface area contributed by atoms with E-state index in [0.29, 0.717) is 5.92 Å². The molecule has 1 saturated carbocycles. The summed E-state index contributed by atoms with van der Waals surface area (Å²) in [7, 11) is 0. The average Bonchev–Trinajstić information content (AvgIpc) is 2.30. The lowest BCUT2D eigenvalue weighted by molar-refractivity contribution is 0.0962. The number of hydrogen-bond acceptors (Lipinski definition) is 3. The van der Waals surface area contributed by atoms with Gasteiger partial charge in [0.2, 0.25) is 5.76 Å². The number of aromatic nitrogens is 1. The molecule has 0 aliphatic heterocycles. The minimum Gasteiger partial charge on any atom is -0.363 e. The van der Waals surface area contributed by atoms with Crippen LogP contribution in [0.1, 0.15) is 47.0 Å². The minimum absolute atomic E-state index is 0.252. The second kappa shape index (κ2) is 2.87. The lowest BCUT2D eigenvalue weighted by atomic mass is 9.79. The van der Waals surface area contributed by atoms with E-state index in [0.717, 1.165) is 24.1 Å². The molecule has 0 aromatic carbocycles. The van der Waals surface area contributed by atoms with Crippen molar-refractivity contribution in [2.75, 3.05) is 0 Å². The fourth-order valence-corrected chi connectivity index (χ4v) is 1.73.